The topological polar surface area (TPSA) is 106 Å². The highest BCUT2D eigenvalue weighted by Crippen LogP contribution is 2.13. The van der Waals surface area contributed by atoms with Gasteiger partial charge in [0.2, 0.25) is 5.91 Å². The van der Waals surface area contributed by atoms with E-state index >= 15 is 0 Å². The third-order valence-electron chi connectivity index (χ3n) is 3.99. The van der Waals surface area contributed by atoms with Crippen molar-refractivity contribution in [1.82, 2.24) is 10.9 Å². The zero-order valence-electron chi connectivity index (χ0n) is 17.2. The van der Waals surface area contributed by atoms with Gasteiger partial charge in [0.1, 0.15) is 12.4 Å². The lowest BCUT2D eigenvalue weighted by Crippen LogP contribution is -2.41. The first-order chi connectivity index (χ1) is 14.5. The Labute approximate surface area is 175 Å². The van der Waals surface area contributed by atoms with E-state index in [-0.39, 0.29) is 5.91 Å². The van der Waals surface area contributed by atoms with Crippen molar-refractivity contribution >= 4 is 23.4 Å². The minimum Gasteiger partial charge on any atom is -0.491 e. The summed E-state index contributed by atoms with van der Waals surface area (Å²) < 4.78 is 10.7. The Morgan fingerprint density at radius 3 is 2.23 bits per heavy atom. The van der Waals surface area contributed by atoms with Gasteiger partial charge in [-0.15, -0.1) is 0 Å². The molecule has 160 valence electrons. The molecule has 0 bridgehead atoms. The van der Waals surface area contributed by atoms with Crippen LogP contribution in [0.2, 0.25) is 0 Å². The maximum Gasteiger partial charge on any atom is 0.269 e. The number of nitrogens with one attached hydrogen (secondary N) is 3. The summed E-state index contributed by atoms with van der Waals surface area (Å²) in [5.74, 6) is -0.485. The number of hydrazine groups is 1. The summed E-state index contributed by atoms with van der Waals surface area (Å²) in [5.41, 5.74) is 6.04. The third-order valence-corrected chi connectivity index (χ3v) is 3.99. The van der Waals surface area contributed by atoms with Crippen LogP contribution in [0.1, 0.15) is 47.4 Å². The Morgan fingerprint density at radius 2 is 1.57 bits per heavy atom. The summed E-state index contributed by atoms with van der Waals surface area (Å²) in [5, 5.41) is 2.75. The van der Waals surface area contributed by atoms with Crippen molar-refractivity contribution in [3.8, 4) is 5.75 Å². The molecule has 0 aliphatic heterocycles. The number of hydrogen-bond acceptors (Lipinski definition) is 5. The zero-order valence-corrected chi connectivity index (χ0v) is 17.2. The molecular weight excluding hydrogens is 386 g/mol. The second-order valence-electron chi connectivity index (χ2n) is 6.36. The van der Waals surface area contributed by atoms with Gasteiger partial charge in [-0.25, -0.2) is 0 Å². The van der Waals surface area contributed by atoms with Crippen molar-refractivity contribution in [2.75, 3.05) is 25.1 Å². The predicted octanol–water partition coefficient (Wildman–Crippen LogP) is 2.92. The molecule has 0 heterocycles. The van der Waals surface area contributed by atoms with Gasteiger partial charge >= 0.3 is 0 Å². The van der Waals surface area contributed by atoms with Crippen LogP contribution in [0.15, 0.2) is 48.5 Å². The van der Waals surface area contributed by atoms with Gasteiger partial charge < -0.3 is 14.8 Å². The molecule has 0 aliphatic carbocycles. The molecule has 0 atom stereocenters. The number of anilines is 1. The summed E-state index contributed by atoms with van der Waals surface area (Å²) in [6.45, 7) is 5.28. The summed E-state index contributed by atoms with van der Waals surface area (Å²) in [6.07, 6.45) is 1.20. The minimum atomic E-state index is -0.473. The highest BCUT2D eigenvalue weighted by molar-refractivity contribution is 5.99. The van der Waals surface area contributed by atoms with Crippen LogP contribution in [-0.2, 0) is 9.53 Å². The standard InChI is InChI=1S/C22H27N3O5/c1-3-6-20(26)23-18-11-9-16(10-12-18)21(27)24-25-22(28)17-7-5-8-19(15-17)30-14-13-29-4-2/h5,7-12,15H,3-4,6,13-14H2,1-2H3,(H,23,26)(H,24,27)(H,25,28). The molecule has 0 radical (unpaired) electrons. The number of rotatable bonds is 10. The van der Waals surface area contributed by atoms with E-state index in [2.05, 4.69) is 16.2 Å². The van der Waals surface area contributed by atoms with Crippen molar-refractivity contribution < 1.29 is 23.9 Å². The van der Waals surface area contributed by atoms with Gasteiger partial charge in [0, 0.05) is 29.8 Å². The first kappa shape index (κ1) is 22.9. The highest BCUT2D eigenvalue weighted by atomic mass is 16.5. The van der Waals surface area contributed by atoms with Crippen molar-refractivity contribution in [2.24, 2.45) is 0 Å². The SMILES string of the molecule is CCCC(=O)Nc1ccc(C(=O)NNC(=O)c2cccc(OCCOCC)c2)cc1. The van der Waals surface area contributed by atoms with Gasteiger partial charge in [-0.2, -0.15) is 0 Å². The Hall–Kier alpha value is -3.39. The van der Waals surface area contributed by atoms with Crippen LogP contribution in [0.4, 0.5) is 5.69 Å². The number of ether oxygens (including phenoxy) is 2. The van der Waals surface area contributed by atoms with Crippen molar-refractivity contribution in [2.45, 2.75) is 26.7 Å². The molecule has 0 aliphatic rings. The van der Waals surface area contributed by atoms with Crippen LogP contribution in [0.25, 0.3) is 0 Å². The summed E-state index contributed by atoms with van der Waals surface area (Å²) in [7, 11) is 0. The van der Waals surface area contributed by atoms with E-state index in [1.807, 2.05) is 13.8 Å². The second-order valence-corrected chi connectivity index (χ2v) is 6.36. The van der Waals surface area contributed by atoms with Gasteiger partial charge in [-0.05, 0) is 55.8 Å². The molecule has 8 nitrogen and oxygen atoms in total. The smallest absolute Gasteiger partial charge is 0.269 e. The lowest BCUT2D eigenvalue weighted by Gasteiger charge is -2.10. The molecule has 0 saturated heterocycles. The van der Waals surface area contributed by atoms with E-state index in [0.29, 0.717) is 48.8 Å². The molecule has 3 amide bonds. The van der Waals surface area contributed by atoms with E-state index in [1.54, 1.807) is 48.5 Å². The Morgan fingerprint density at radius 1 is 0.867 bits per heavy atom. The fourth-order valence-corrected chi connectivity index (χ4v) is 2.50. The Kier molecular flexibility index (Phi) is 9.33. The van der Waals surface area contributed by atoms with Crippen LogP contribution in [0.3, 0.4) is 0 Å². The number of amides is 3. The first-order valence-electron chi connectivity index (χ1n) is 9.84. The summed E-state index contributed by atoms with van der Waals surface area (Å²) in [6, 6.07) is 13.0. The lowest BCUT2D eigenvalue weighted by atomic mass is 10.2. The molecular formula is C22H27N3O5. The van der Waals surface area contributed by atoms with Crippen molar-refractivity contribution in [3.63, 3.8) is 0 Å². The average molecular weight is 413 g/mol. The van der Waals surface area contributed by atoms with Gasteiger partial charge in [0.15, 0.2) is 0 Å². The number of benzene rings is 2. The fraction of sp³-hybridized carbons (Fsp3) is 0.318. The molecule has 8 heteroatoms. The normalized spacial score (nSPS) is 10.2. The number of carbonyl (C=O) groups is 3. The molecule has 30 heavy (non-hydrogen) atoms. The van der Waals surface area contributed by atoms with Crippen LogP contribution < -0.4 is 20.9 Å². The van der Waals surface area contributed by atoms with E-state index in [0.717, 1.165) is 6.42 Å². The molecule has 3 N–H and O–H groups in total. The van der Waals surface area contributed by atoms with Gasteiger partial charge in [0.25, 0.3) is 11.8 Å². The van der Waals surface area contributed by atoms with E-state index in [1.165, 1.54) is 0 Å². The predicted molar refractivity (Wildman–Crippen MR) is 113 cm³/mol. The van der Waals surface area contributed by atoms with E-state index in [4.69, 9.17) is 9.47 Å². The Bertz CT molecular complexity index is 852. The lowest BCUT2D eigenvalue weighted by molar-refractivity contribution is -0.116. The second kappa shape index (κ2) is 12.2. The maximum absolute atomic E-state index is 12.3. The molecule has 0 aromatic heterocycles. The van der Waals surface area contributed by atoms with Crippen LogP contribution in [0, 0.1) is 0 Å². The molecule has 2 rings (SSSR count). The molecule has 0 spiro atoms. The first-order valence-corrected chi connectivity index (χ1v) is 9.84. The molecule has 2 aromatic carbocycles. The molecule has 0 unspecified atom stereocenters. The highest BCUT2D eigenvalue weighted by Gasteiger charge is 2.10. The molecule has 2 aromatic rings. The number of carbonyl (C=O) groups excluding carboxylic acids is 3. The van der Waals surface area contributed by atoms with Crippen LogP contribution in [0.5, 0.6) is 5.75 Å². The van der Waals surface area contributed by atoms with Gasteiger partial charge in [0.05, 0.1) is 6.61 Å². The summed E-state index contributed by atoms with van der Waals surface area (Å²) >= 11 is 0. The van der Waals surface area contributed by atoms with Crippen LogP contribution in [-0.4, -0.2) is 37.5 Å². The third kappa shape index (κ3) is 7.56. The quantitative estimate of drug-likeness (QED) is 0.410. The van der Waals surface area contributed by atoms with Gasteiger partial charge in [-0.3, -0.25) is 25.2 Å². The average Bonchev–Trinajstić information content (AvgIpc) is 2.75. The van der Waals surface area contributed by atoms with Gasteiger partial charge in [-0.1, -0.05) is 13.0 Å². The van der Waals surface area contributed by atoms with Crippen LogP contribution >= 0.6 is 0 Å². The number of hydrogen-bond donors (Lipinski definition) is 3. The minimum absolute atomic E-state index is 0.0777. The van der Waals surface area contributed by atoms with Crippen molar-refractivity contribution in [1.29, 1.82) is 0 Å². The Balaban J connectivity index is 1.85. The van der Waals surface area contributed by atoms with E-state index in [9.17, 15) is 14.4 Å². The zero-order chi connectivity index (χ0) is 21.8. The largest absolute Gasteiger partial charge is 0.491 e. The summed E-state index contributed by atoms with van der Waals surface area (Å²) in [4.78, 5) is 36.1. The van der Waals surface area contributed by atoms with Crippen molar-refractivity contribution in [3.05, 3.63) is 59.7 Å². The molecule has 0 saturated carbocycles. The monoisotopic (exact) mass is 413 g/mol. The fourth-order valence-electron chi connectivity index (χ4n) is 2.50. The molecule has 0 fully saturated rings. The maximum atomic E-state index is 12.3. The van der Waals surface area contributed by atoms with E-state index < -0.39 is 11.8 Å².